The topological polar surface area (TPSA) is 183 Å². The zero-order chi connectivity index (χ0) is 35.4. The van der Waals surface area contributed by atoms with Crippen molar-refractivity contribution < 1.29 is 54.4 Å². The lowest BCUT2D eigenvalue weighted by Crippen LogP contribution is -2.70. The largest absolute Gasteiger partial charge is 0.481 e. The van der Waals surface area contributed by atoms with Crippen molar-refractivity contribution >= 4 is 11.9 Å². The van der Waals surface area contributed by atoms with E-state index >= 15 is 0 Å². The Morgan fingerprint density at radius 2 is 1.56 bits per heavy atom. The van der Waals surface area contributed by atoms with E-state index in [4.69, 9.17) is 14.2 Å². The third-order valence-electron chi connectivity index (χ3n) is 15.4. The molecule has 4 saturated carbocycles. The molecule has 1 aliphatic heterocycles. The average Bonchev–Trinajstić information content (AvgIpc) is 3.02. The summed E-state index contributed by atoms with van der Waals surface area (Å²) in [7, 11) is 1.31. The van der Waals surface area contributed by atoms with Crippen molar-refractivity contribution in [1.29, 1.82) is 0 Å². The van der Waals surface area contributed by atoms with Gasteiger partial charge in [0.1, 0.15) is 30.5 Å². The summed E-state index contributed by atoms with van der Waals surface area (Å²) in [6.45, 7) is 12.5. The normalized spacial score (nSPS) is 52.9. The van der Waals surface area contributed by atoms with Crippen LogP contribution in [-0.2, 0) is 23.8 Å². The number of hydrogen-bond donors (Lipinski definition) is 6. The number of methoxy groups -OCH3 is 1. The maximum absolute atomic E-state index is 13.9. The first-order valence-corrected chi connectivity index (χ1v) is 17.9. The van der Waals surface area contributed by atoms with Gasteiger partial charge < -0.3 is 44.8 Å². The van der Waals surface area contributed by atoms with Crippen LogP contribution in [0.1, 0.15) is 99.3 Å². The number of carbonyl (C=O) groups is 2. The molecule has 0 aromatic carbocycles. The van der Waals surface area contributed by atoms with E-state index in [0.29, 0.717) is 32.1 Å². The standard InChI is InChI=1S/C37H58O11/c1-32(2)12-14-37(30(43)44)15-13-34(4)19(20(37)16-32)8-9-23-33(3)17-21(39)28(48-29-27(42)26(41)25(40)22(18-38)47-29)36(6,31(45)46-7)24(33)10-11-35(23,34)5/h8,20-29,38-42H,9-18H2,1-7H3,(H,43,44)/t20-,21-,22+,23+,24+,25-,26+,27-,28-,29-,33+,34+,35+,36-,37-/m0/s1. The van der Waals surface area contributed by atoms with E-state index in [2.05, 4.69) is 40.7 Å². The minimum atomic E-state index is -1.68. The van der Waals surface area contributed by atoms with E-state index in [1.54, 1.807) is 6.92 Å². The molecule has 6 aliphatic rings. The molecule has 11 heteroatoms. The van der Waals surface area contributed by atoms with Crippen LogP contribution in [0.2, 0.25) is 0 Å². The molecule has 6 N–H and O–H groups in total. The first-order valence-electron chi connectivity index (χ1n) is 17.9. The maximum atomic E-state index is 13.9. The Morgan fingerprint density at radius 3 is 2.19 bits per heavy atom. The molecule has 0 unspecified atom stereocenters. The van der Waals surface area contributed by atoms with Crippen molar-refractivity contribution in [1.82, 2.24) is 0 Å². The molecule has 0 spiro atoms. The van der Waals surface area contributed by atoms with Crippen LogP contribution in [0.3, 0.4) is 0 Å². The fraction of sp³-hybridized carbons (Fsp3) is 0.892. The number of aliphatic hydroxyl groups excluding tert-OH is 5. The van der Waals surface area contributed by atoms with Gasteiger partial charge in [-0.2, -0.15) is 0 Å². The van der Waals surface area contributed by atoms with Crippen molar-refractivity contribution in [3.63, 3.8) is 0 Å². The molecule has 0 bridgehead atoms. The van der Waals surface area contributed by atoms with Crippen LogP contribution in [0.25, 0.3) is 0 Å². The summed E-state index contributed by atoms with van der Waals surface area (Å²) in [5.41, 5.74) is -1.79. The van der Waals surface area contributed by atoms with Crippen molar-refractivity contribution in [3.8, 4) is 0 Å². The second-order valence-electron chi connectivity index (χ2n) is 18.0. The van der Waals surface area contributed by atoms with Crippen molar-refractivity contribution in [2.45, 2.75) is 142 Å². The summed E-state index contributed by atoms with van der Waals surface area (Å²) in [6, 6.07) is 0. The highest BCUT2D eigenvalue weighted by molar-refractivity contribution is 5.78. The quantitative estimate of drug-likeness (QED) is 0.143. The number of esters is 1. The van der Waals surface area contributed by atoms with Crippen LogP contribution in [-0.4, -0.2) is 99.2 Å². The summed E-state index contributed by atoms with van der Waals surface area (Å²) in [5, 5.41) is 63.9. The number of aliphatic carboxylic acids is 1. The molecule has 15 atom stereocenters. The molecule has 5 fully saturated rings. The summed E-state index contributed by atoms with van der Waals surface area (Å²) in [4.78, 5) is 26.9. The van der Waals surface area contributed by atoms with Crippen molar-refractivity contribution in [3.05, 3.63) is 11.6 Å². The Labute approximate surface area is 284 Å². The molecule has 272 valence electrons. The molecular formula is C37H58O11. The number of rotatable bonds is 5. The van der Waals surface area contributed by atoms with Gasteiger partial charge in [0.15, 0.2) is 6.29 Å². The molecule has 11 nitrogen and oxygen atoms in total. The number of ether oxygens (including phenoxy) is 3. The van der Waals surface area contributed by atoms with Crippen molar-refractivity contribution in [2.75, 3.05) is 13.7 Å². The second kappa shape index (κ2) is 11.7. The molecule has 6 rings (SSSR count). The van der Waals surface area contributed by atoms with E-state index < -0.39 is 77.7 Å². The van der Waals surface area contributed by atoms with Crippen LogP contribution in [0.15, 0.2) is 11.6 Å². The number of hydrogen-bond acceptors (Lipinski definition) is 10. The van der Waals surface area contributed by atoms with Gasteiger partial charge in [0.05, 0.1) is 30.7 Å². The predicted molar refractivity (Wildman–Crippen MR) is 173 cm³/mol. The average molecular weight is 679 g/mol. The molecule has 0 aromatic heterocycles. The zero-order valence-corrected chi connectivity index (χ0v) is 29.6. The number of allylic oxidation sites excluding steroid dienone is 2. The Balaban J connectivity index is 1.38. The van der Waals surface area contributed by atoms with E-state index in [0.717, 1.165) is 25.7 Å². The summed E-state index contributed by atoms with van der Waals surface area (Å²) in [6.07, 6.45) is -1.36. The number of aliphatic hydroxyl groups is 5. The van der Waals surface area contributed by atoms with Gasteiger partial charge in [-0.05, 0) is 104 Å². The molecule has 1 saturated heterocycles. The zero-order valence-electron chi connectivity index (χ0n) is 29.6. The molecule has 0 radical (unpaired) electrons. The van der Waals surface area contributed by atoms with Gasteiger partial charge in [-0.3, -0.25) is 9.59 Å². The fourth-order valence-corrected chi connectivity index (χ4v) is 12.5. The van der Waals surface area contributed by atoms with E-state index in [1.165, 1.54) is 12.7 Å². The van der Waals surface area contributed by atoms with Crippen LogP contribution in [0.4, 0.5) is 0 Å². The minimum Gasteiger partial charge on any atom is -0.481 e. The fourth-order valence-electron chi connectivity index (χ4n) is 12.5. The van der Waals surface area contributed by atoms with Gasteiger partial charge >= 0.3 is 11.9 Å². The van der Waals surface area contributed by atoms with Gasteiger partial charge in [0.2, 0.25) is 0 Å². The Hall–Kier alpha value is -1.60. The Kier molecular flexibility index (Phi) is 8.84. The third-order valence-corrected chi connectivity index (χ3v) is 15.4. The van der Waals surface area contributed by atoms with E-state index in [-0.39, 0.29) is 34.0 Å². The van der Waals surface area contributed by atoms with Gasteiger partial charge in [0, 0.05) is 0 Å². The van der Waals surface area contributed by atoms with Gasteiger partial charge in [-0.1, -0.05) is 46.3 Å². The molecule has 0 aromatic rings. The lowest BCUT2D eigenvalue weighted by atomic mass is 9.33. The van der Waals surface area contributed by atoms with Crippen LogP contribution in [0.5, 0.6) is 0 Å². The highest BCUT2D eigenvalue weighted by atomic mass is 16.7. The number of carboxylic acid groups (broad SMARTS) is 1. The molecule has 1 heterocycles. The first kappa shape index (κ1) is 36.2. The Bertz CT molecular complexity index is 1330. The summed E-state index contributed by atoms with van der Waals surface area (Å²) < 4.78 is 17.3. The number of carboxylic acids is 1. The third kappa shape index (κ3) is 4.77. The summed E-state index contributed by atoms with van der Waals surface area (Å²) >= 11 is 0. The highest BCUT2D eigenvalue weighted by Crippen LogP contribution is 2.76. The van der Waals surface area contributed by atoms with Crippen LogP contribution >= 0.6 is 0 Å². The summed E-state index contributed by atoms with van der Waals surface area (Å²) in [5.74, 6) is -1.48. The van der Waals surface area contributed by atoms with Crippen LogP contribution in [0, 0.1) is 50.2 Å². The molecule has 48 heavy (non-hydrogen) atoms. The molecular weight excluding hydrogens is 620 g/mol. The van der Waals surface area contributed by atoms with Crippen molar-refractivity contribution in [2.24, 2.45) is 50.2 Å². The van der Waals surface area contributed by atoms with Gasteiger partial charge in [-0.25, -0.2) is 0 Å². The van der Waals surface area contributed by atoms with Crippen LogP contribution < -0.4 is 0 Å². The number of carbonyl (C=O) groups excluding carboxylic acids is 1. The van der Waals surface area contributed by atoms with Gasteiger partial charge in [-0.15, -0.1) is 0 Å². The molecule has 0 amide bonds. The lowest BCUT2D eigenvalue weighted by Gasteiger charge is -2.71. The second-order valence-corrected chi connectivity index (χ2v) is 18.0. The van der Waals surface area contributed by atoms with Gasteiger partial charge in [0.25, 0.3) is 0 Å². The molecule has 5 aliphatic carbocycles. The monoisotopic (exact) mass is 678 g/mol. The predicted octanol–water partition coefficient (Wildman–Crippen LogP) is 3.18. The highest BCUT2D eigenvalue weighted by Gasteiger charge is 2.72. The minimum absolute atomic E-state index is 0.0330. The number of fused-ring (bicyclic) bond motifs is 7. The van der Waals surface area contributed by atoms with E-state index in [1.807, 2.05) is 0 Å². The van der Waals surface area contributed by atoms with E-state index in [9.17, 15) is 40.2 Å². The first-order chi connectivity index (χ1) is 22.3. The SMILES string of the molecule is COC(=O)[C@@]1(C)[C@@H]2CC[C@]3(C)[C@H](CC=C4[C@@H]5CC(C)(C)CC[C@]5(C(=O)O)CC[C@]43C)[C@@]2(C)C[C@H](O)[C@@H]1O[C@@H]1O[C@H](CO)[C@H](O)[C@@H](O)[C@@H]1O. The Morgan fingerprint density at radius 1 is 0.896 bits per heavy atom. The smallest absolute Gasteiger partial charge is 0.314 e. The maximum Gasteiger partial charge on any atom is 0.314 e. The lowest BCUT2D eigenvalue weighted by molar-refractivity contribution is -0.340.